The summed E-state index contributed by atoms with van der Waals surface area (Å²) in [5, 5.41) is 2.97. The molecule has 0 radical (unpaired) electrons. The Morgan fingerprint density at radius 2 is 2.00 bits per heavy atom. The molecule has 0 amide bonds. The van der Waals surface area contributed by atoms with Gasteiger partial charge >= 0.3 is 0 Å². The lowest BCUT2D eigenvalue weighted by Gasteiger charge is -2.41. The van der Waals surface area contributed by atoms with Gasteiger partial charge in [0.1, 0.15) is 0 Å². The second-order valence-electron chi connectivity index (χ2n) is 5.77. The van der Waals surface area contributed by atoms with Gasteiger partial charge in [0.25, 0.3) is 0 Å². The molecule has 0 unspecified atom stereocenters. The molecule has 0 N–H and O–H groups in total. The number of thiazole rings is 1. The van der Waals surface area contributed by atoms with E-state index in [2.05, 4.69) is 50.7 Å². The van der Waals surface area contributed by atoms with E-state index in [1.165, 1.54) is 37.2 Å². The van der Waals surface area contributed by atoms with Gasteiger partial charge in [-0.1, -0.05) is 42.6 Å². The van der Waals surface area contributed by atoms with Crippen LogP contribution in [0.25, 0.3) is 4.96 Å². The molecule has 1 aliphatic rings. The van der Waals surface area contributed by atoms with Crippen LogP contribution in [0.5, 0.6) is 0 Å². The van der Waals surface area contributed by atoms with E-state index in [1.807, 2.05) is 0 Å². The lowest BCUT2D eigenvalue weighted by Crippen LogP contribution is -2.40. The molecule has 1 saturated heterocycles. The molecule has 0 saturated carbocycles. The quantitative estimate of drug-likeness (QED) is 0.741. The van der Waals surface area contributed by atoms with E-state index in [0.29, 0.717) is 5.41 Å². The molecule has 1 aliphatic heterocycles. The van der Waals surface area contributed by atoms with E-state index in [-0.39, 0.29) is 0 Å². The summed E-state index contributed by atoms with van der Waals surface area (Å²) < 4.78 is 2.22. The molecule has 0 aliphatic carbocycles. The predicted octanol–water partition coefficient (Wildman–Crippen LogP) is 4.70. The van der Waals surface area contributed by atoms with Gasteiger partial charge in [0, 0.05) is 30.0 Å². The summed E-state index contributed by atoms with van der Waals surface area (Å²) in [5.74, 6) is 1.19. The van der Waals surface area contributed by atoms with E-state index in [1.54, 1.807) is 11.3 Å². The molecule has 110 valence electrons. The zero-order chi connectivity index (χ0) is 14.2. The fourth-order valence-electron chi connectivity index (χ4n) is 3.35. The van der Waals surface area contributed by atoms with Crippen LogP contribution in [0.15, 0.2) is 11.6 Å². The van der Waals surface area contributed by atoms with Gasteiger partial charge < -0.3 is 4.90 Å². The monoisotopic (exact) mass is 355 g/mol. The third-order valence-electron chi connectivity index (χ3n) is 5.09. The van der Waals surface area contributed by atoms with Gasteiger partial charge in [-0.15, -0.1) is 11.3 Å². The molecular weight excluding hydrogens is 334 g/mol. The maximum atomic E-state index is 4.84. The fraction of sp³-hybridized carbons (Fsp3) is 0.667. The number of anilines is 1. The zero-order valence-electron chi connectivity index (χ0n) is 12.2. The van der Waals surface area contributed by atoms with E-state index in [4.69, 9.17) is 4.98 Å². The Morgan fingerprint density at radius 3 is 2.60 bits per heavy atom. The lowest BCUT2D eigenvalue weighted by molar-refractivity contribution is 0.199. The summed E-state index contributed by atoms with van der Waals surface area (Å²) in [7, 11) is 0. The molecule has 1 fully saturated rings. The van der Waals surface area contributed by atoms with Crippen molar-refractivity contribution in [3.05, 3.63) is 17.3 Å². The van der Waals surface area contributed by atoms with Crippen molar-refractivity contribution in [2.24, 2.45) is 5.41 Å². The van der Waals surface area contributed by atoms with E-state index >= 15 is 0 Å². The summed E-state index contributed by atoms with van der Waals surface area (Å²) in [6, 6.07) is 0. The molecule has 0 bridgehead atoms. The summed E-state index contributed by atoms with van der Waals surface area (Å²) >= 11 is 5.34. The maximum absolute atomic E-state index is 4.84. The second kappa shape index (κ2) is 5.68. The first-order chi connectivity index (χ1) is 9.73. The fourth-order valence-corrected chi connectivity index (χ4v) is 4.60. The molecule has 2 aromatic rings. The summed E-state index contributed by atoms with van der Waals surface area (Å²) in [4.78, 5) is 8.44. The van der Waals surface area contributed by atoms with E-state index in [9.17, 15) is 0 Å². The van der Waals surface area contributed by atoms with Crippen molar-refractivity contribution >= 4 is 38.0 Å². The third kappa shape index (κ3) is 2.29. The van der Waals surface area contributed by atoms with Gasteiger partial charge in [0.2, 0.25) is 0 Å². The minimum Gasteiger partial charge on any atom is -0.355 e. The molecule has 2 aromatic heterocycles. The Bertz CT molecular complexity index is 575. The normalized spacial score (nSPS) is 18.9. The maximum Gasteiger partial charge on any atom is 0.195 e. The molecule has 3 rings (SSSR count). The molecular formula is C15H22BrN3S. The highest BCUT2D eigenvalue weighted by Gasteiger charge is 2.32. The third-order valence-corrected chi connectivity index (χ3v) is 6.38. The van der Waals surface area contributed by atoms with Crippen molar-refractivity contribution < 1.29 is 0 Å². The first-order valence-corrected chi connectivity index (χ1v) is 9.48. The first-order valence-electron chi connectivity index (χ1n) is 7.48. The summed E-state index contributed by atoms with van der Waals surface area (Å²) in [5.41, 5.74) is 1.86. The van der Waals surface area contributed by atoms with Crippen molar-refractivity contribution in [2.45, 2.75) is 44.9 Å². The SMILES string of the molecule is CCC1(CC)CCN(c2nc3sccn3c2CBr)CC1. The van der Waals surface area contributed by atoms with Crippen molar-refractivity contribution in [1.29, 1.82) is 0 Å². The van der Waals surface area contributed by atoms with Gasteiger partial charge in [-0.25, -0.2) is 4.98 Å². The van der Waals surface area contributed by atoms with Crippen LogP contribution < -0.4 is 4.90 Å². The number of fused-ring (bicyclic) bond motifs is 1. The highest BCUT2D eigenvalue weighted by Crippen LogP contribution is 2.40. The Morgan fingerprint density at radius 1 is 1.30 bits per heavy atom. The average molecular weight is 356 g/mol. The van der Waals surface area contributed by atoms with Gasteiger partial charge in [-0.2, -0.15) is 0 Å². The van der Waals surface area contributed by atoms with Crippen molar-refractivity contribution in [1.82, 2.24) is 9.38 Å². The molecule has 0 spiro atoms. The van der Waals surface area contributed by atoms with Gasteiger partial charge in [-0.05, 0) is 18.3 Å². The van der Waals surface area contributed by atoms with Crippen LogP contribution in [0.3, 0.4) is 0 Å². The van der Waals surface area contributed by atoms with Crippen LogP contribution in [0.2, 0.25) is 0 Å². The number of imidazole rings is 1. The first kappa shape index (κ1) is 14.4. The van der Waals surface area contributed by atoms with Crippen LogP contribution in [-0.4, -0.2) is 22.5 Å². The van der Waals surface area contributed by atoms with Crippen molar-refractivity contribution in [3.63, 3.8) is 0 Å². The van der Waals surface area contributed by atoms with Crippen LogP contribution in [-0.2, 0) is 5.33 Å². The number of nitrogens with zero attached hydrogens (tertiary/aromatic N) is 3. The van der Waals surface area contributed by atoms with E-state index in [0.717, 1.165) is 23.4 Å². The molecule has 0 atom stereocenters. The molecule has 20 heavy (non-hydrogen) atoms. The number of piperidine rings is 1. The molecule has 3 nitrogen and oxygen atoms in total. The van der Waals surface area contributed by atoms with Gasteiger partial charge in [-0.3, -0.25) is 4.40 Å². The zero-order valence-corrected chi connectivity index (χ0v) is 14.6. The Labute approximate surface area is 133 Å². The number of rotatable bonds is 4. The van der Waals surface area contributed by atoms with Crippen LogP contribution in [0.1, 0.15) is 45.2 Å². The average Bonchev–Trinajstić information content (AvgIpc) is 3.07. The van der Waals surface area contributed by atoms with Crippen LogP contribution >= 0.6 is 27.3 Å². The van der Waals surface area contributed by atoms with Crippen molar-refractivity contribution in [3.8, 4) is 0 Å². The van der Waals surface area contributed by atoms with Gasteiger partial charge in [0.15, 0.2) is 10.8 Å². The predicted molar refractivity (Wildman–Crippen MR) is 90.2 cm³/mol. The van der Waals surface area contributed by atoms with Crippen LogP contribution in [0.4, 0.5) is 5.82 Å². The molecule has 3 heterocycles. The Kier molecular flexibility index (Phi) is 4.09. The number of halogens is 1. The summed E-state index contributed by atoms with van der Waals surface area (Å²) in [6.45, 7) is 6.98. The minimum absolute atomic E-state index is 0.572. The number of alkyl halides is 1. The Balaban J connectivity index is 1.84. The highest BCUT2D eigenvalue weighted by molar-refractivity contribution is 9.08. The lowest BCUT2D eigenvalue weighted by atomic mass is 9.74. The number of hydrogen-bond donors (Lipinski definition) is 0. The molecule has 0 aromatic carbocycles. The van der Waals surface area contributed by atoms with Crippen LogP contribution in [0, 0.1) is 5.41 Å². The molecule has 5 heteroatoms. The van der Waals surface area contributed by atoms with Crippen molar-refractivity contribution in [2.75, 3.05) is 18.0 Å². The van der Waals surface area contributed by atoms with Gasteiger partial charge in [0.05, 0.1) is 5.69 Å². The summed E-state index contributed by atoms with van der Waals surface area (Å²) in [6.07, 6.45) is 7.33. The number of aromatic nitrogens is 2. The smallest absolute Gasteiger partial charge is 0.195 e. The Hall–Kier alpha value is -0.550. The van der Waals surface area contributed by atoms with E-state index < -0.39 is 0 Å². The topological polar surface area (TPSA) is 20.5 Å². The highest BCUT2D eigenvalue weighted by atomic mass is 79.9. The largest absolute Gasteiger partial charge is 0.355 e. The minimum atomic E-state index is 0.572. The second-order valence-corrected chi connectivity index (χ2v) is 7.20. The standard InChI is InChI=1S/C15H22BrN3S/c1-3-15(4-2)5-7-18(8-6-15)13-12(11-16)19-9-10-20-14(19)17-13/h9-10H,3-8,11H2,1-2H3. The number of hydrogen-bond acceptors (Lipinski definition) is 3.